The van der Waals surface area contributed by atoms with Gasteiger partial charge in [0, 0.05) is 6.54 Å². The standard InChI is InChI=1S/C21H27NO5/c1-21(2,3)27-20(25)22-14-13-18(23)19(24)15-9-11-17(12-10-15)26-16-7-5-4-6-8-16/h4-12,18-19,23-24H,13-14H2,1-3H3,(H,22,25). The van der Waals surface area contributed by atoms with Crippen LogP contribution in [0.15, 0.2) is 54.6 Å². The zero-order valence-corrected chi connectivity index (χ0v) is 15.9. The first kappa shape index (κ1) is 20.7. The fraction of sp³-hybridized carbons (Fsp3) is 0.381. The average Bonchev–Trinajstić information content (AvgIpc) is 2.61. The number of aliphatic hydroxyl groups excluding tert-OH is 2. The monoisotopic (exact) mass is 373 g/mol. The summed E-state index contributed by atoms with van der Waals surface area (Å²) in [6, 6.07) is 16.2. The smallest absolute Gasteiger partial charge is 0.407 e. The van der Waals surface area contributed by atoms with Gasteiger partial charge in [0.25, 0.3) is 0 Å². The fourth-order valence-corrected chi connectivity index (χ4v) is 2.37. The van der Waals surface area contributed by atoms with Crippen LogP contribution in [0.2, 0.25) is 0 Å². The van der Waals surface area contributed by atoms with Crippen LogP contribution >= 0.6 is 0 Å². The molecule has 0 spiro atoms. The Morgan fingerprint density at radius 1 is 1.00 bits per heavy atom. The summed E-state index contributed by atoms with van der Waals surface area (Å²) >= 11 is 0. The van der Waals surface area contributed by atoms with E-state index < -0.39 is 23.9 Å². The SMILES string of the molecule is CC(C)(C)OC(=O)NCCC(O)C(O)c1ccc(Oc2ccccc2)cc1. The molecule has 2 unspecified atom stereocenters. The van der Waals surface area contributed by atoms with Crippen molar-refractivity contribution in [3.05, 3.63) is 60.2 Å². The number of para-hydroxylation sites is 1. The molecule has 0 saturated heterocycles. The van der Waals surface area contributed by atoms with Crippen LogP contribution in [0, 0.1) is 0 Å². The first-order chi connectivity index (χ1) is 12.7. The van der Waals surface area contributed by atoms with Crippen molar-refractivity contribution in [2.75, 3.05) is 6.54 Å². The largest absolute Gasteiger partial charge is 0.457 e. The Morgan fingerprint density at radius 2 is 1.59 bits per heavy atom. The quantitative estimate of drug-likeness (QED) is 0.687. The number of rotatable bonds is 7. The van der Waals surface area contributed by atoms with Crippen LogP contribution in [0.25, 0.3) is 0 Å². The van der Waals surface area contributed by atoms with Crippen molar-refractivity contribution >= 4 is 6.09 Å². The minimum atomic E-state index is -1.06. The summed E-state index contributed by atoms with van der Waals surface area (Å²) in [6.45, 7) is 5.52. The molecule has 0 fully saturated rings. The van der Waals surface area contributed by atoms with Gasteiger partial charge < -0.3 is 25.0 Å². The average molecular weight is 373 g/mol. The number of nitrogens with one attached hydrogen (secondary N) is 1. The van der Waals surface area contributed by atoms with Gasteiger partial charge in [0.15, 0.2) is 0 Å². The molecule has 1 amide bonds. The number of amides is 1. The molecule has 2 atom stereocenters. The summed E-state index contributed by atoms with van der Waals surface area (Å²) in [6.07, 6.45) is -2.42. The Hall–Kier alpha value is -2.57. The lowest BCUT2D eigenvalue weighted by Gasteiger charge is -2.21. The van der Waals surface area contributed by atoms with Crippen molar-refractivity contribution < 1.29 is 24.5 Å². The third-order valence-electron chi connectivity index (χ3n) is 3.67. The molecule has 0 aliphatic carbocycles. The van der Waals surface area contributed by atoms with Crippen LogP contribution in [-0.4, -0.2) is 34.6 Å². The number of ether oxygens (including phenoxy) is 2. The molecule has 2 aromatic rings. The predicted octanol–water partition coefficient (Wildman–Crippen LogP) is 3.79. The third kappa shape index (κ3) is 7.29. The topological polar surface area (TPSA) is 88.0 Å². The van der Waals surface area contributed by atoms with E-state index >= 15 is 0 Å². The lowest BCUT2D eigenvalue weighted by atomic mass is 10.0. The number of alkyl carbamates (subject to hydrolysis) is 1. The van der Waals surface area contributed by atoms with Crippen molar-refractivity contribution in [1.82, 2.24) is 5.32 Å². The van der Waals surface area contributed by atoms with Gasteiger partial charge in [-0.15, -0.1) is 0 Å². The molecule has 0 bridgehead atoms. The van der Waals surface area contributed by atoms with E-state index in [9.17, 15) is 15.0 Å². The Morgan fingerprint density at radius 3 is 2.19 bits per heavy atom. The number of aliphatic hydroxyl groups is 2. The fourth-order valence-electron chi connectivity index (χ4n) is 2.37. The van der Waals surface area contributed by atoms with Gasteiger partial charge in [-0.25, -0.2) is 4.79 Å². The molecular formula is C21H27NO5. The zero-order valence-electron chi connectivity index (χ0n) is 15.9. The van der Waals surface area contributed by atoms with E-state index in [0.29, 0.717) is 11.3 Å². The van der Waals surface area contributed by atoms with E-state index in [1.807, 2.05) is 30.3 Å². The van der Waals surface area contributed by atoms with Gasteiger partial charge in [-0.3, -0.25) is 0 Å². The van der Waals surface area contributed by atoms with Gasteiger partial charge in [-0.1, -0.05) is 30.3 Å². The highest BCUT2D eigenvalue weighted by Gasteiger charge is 2.20. The van der Waals surface area contributed by atoms with Crippen molar-refractivity contribution in [2.24, 2.45) is 0 Å². The molecule has 2 aromatic carbocycles. The maximum Gasteiger partial charge on any atom is 0.407 e. The van der Waals surface area contributed by atoms with E-state index in [4.69, 9.17) is 9.47 Å². The van der Waals surface area contributed by atoms with Crippen LogP contribution in [0.1, 0.15) is 38.9 Å². The molecule has 146 valence electrons. The molecular weight excluding hydrogens is 346 g/mol. The van der Waals surface area contributed by atoms with Gasteiger partial charge in [0.05, 0.1) is 6.10 Å². The van der Waals surface area contributed by atoms with Crippen molar-refractivity contribution in [1.29, 1.82) is 0 Å². The normalized spacial score (nSPS) is 13.5. The maximum atomic E-state index is 11.6. The van der Waals surface area contributed by atoms with E-state index in [0.717, 1.165) is 5.75 Å². The lowest BCUT2D eigenvalue weighted by Crippen LogP contribution is -2.34. The molecule has 27 heavy (non-hydrogen) atoms. The van der Waals surface area contributed by atoms with Crippen LogP contribution in [0.4, 0.5) is 4.79 Å². The summed E-state index contributed by atoms with van der Waals surface area (Å²) in [7, 11) is 0. The molecule has 3 N–H and O–H groups in total. The van der Waals surface area contributed by atoms with Gasteiger partial charge in [-0.05, 0) is 57.0 Å². The minimum Gasteiger partial charge on any atom is -0.457 e. The van der Waals surface area contributed by atoms with Crippen LogP contribution in [-0.2, 0) is 4.74 Å². The first-order valence-electron chi connectivity index (χ1n) is 8.90. The Kier molecular flexibility index (Phi) is 7.21. The molecule has 6 heteroatoms. The molecule has 0 radical (unpaired) electrons. The third-order valence-corrected chi connectivity index (χ3v) is 3.67. The minimum absolute atomic E-state index is 0.197. The lowest BCUT2D eigenvalue weighted by molar-refractivity contribution is 0.0123. The summed E-state index contributed by atoms with van der Waals surface area (Å²) in [5.74, 6) is 1.36. The highest BCUT2D eigenvalue weighted by Crippen LogP contribution is 2.25. The Balaban J connectivity index is 1.82. The second-order valence-electron chi connectivity index (χ2n) is 7.21. The summed E-state index contributed by atoms with van der Waals surface area (Å²) in [5.41, 5.74) is -0.00799. The first-order valence-corrected chi connectivity index (χ1v) is 8.90. The van der Waals surface area contributed by atoms with E-state index in [1.165, 1.54) is 0 Å². The summed E-state index contributed by atoms with van der Waals surface area (Å²) in [5, 5.41) is 23.0. The molecule has 0 aliphatic heterocycles. The molecule has 6 nitrogen and oxygen atoms in total. The van der Waals surface area contributed by atoms with Crippen molar-refractivity contribution in [2.45, 2.75) is 45.0 Å². The van der Waals surface area contributed by atoms with Gasteiger partial charge in [-0.2, -0.15) is 0 Å². The Labute approximate surface area is 159 Å². The van der Waals surface area contributed by atoms with Crippen LogP contribution in [0.5, 0.6) is 11.5 Å². The van der Waals surface area contributed by atoms with E-state index in [1.54, 1.807) is 45.0 Å². The van der Waals surface area contributed by atoms with Crippen LogP contribution in [0.3, 0.4) is 0 Å². The van der Waals surface area contributed by atoms with Crippen molar-refractivity contribution in [3.8, 4) is 11.5 Å². The predicted molar refractivity (Wildman–Crippen MR) is 103 cm³/mol. The number of carbonyl (C=O) groups is 1. The molecule has 0 aliphatic rings. The second kappa shape index (κ2) is 9.39. The van der Waals surface area contributed by atoms with E-state index in [2.05, 4.69) is 5.32 Å². The molecule has 2 rings (SSSR count). The second-order valence-corrected chi connectivity index (χ2v) is 7.21. The maximum absolute atomic E-state index is 11.6. The molecule has 0 saturated carbocycles. The molecule has 0 heterocycles. The highest BCUT2D eigenvalue weighted by molar-refractivity contribution is 5.67. The van der Waals surface area contributed by atoms with Gasteiger partial charge in [0.2, 0.25) is 0 Å². The number of hydrogen-bond donors (Lipinski definition) is 3. The summed E-state index contributed by atoms with van der Waals surface area (Å²) < 4.78 is 10.8. The Bertz CT molecular complexity index is 710. The number of carbonyl (C=O) groups excluding carboxylic acids is 1. The van der Waals surface area contributed by atoms with E-state index in [-0.39, 0.29) is 13.0 Å². The molecule has 0 aromatic heterocycles. The summed E-state index contributed by atoms with van der Waals surface area (Å²) in [4.78, 5) is 11.6. The number of hydrogen-bond acceptors (Lipinski definition) is 5. The number of benzene rings is 2. The van der Waals surface area contributed by atoms with Crippen molar-refractivity contribution in [3.63, 3.8) is 0 Å². The highest BCUT2D eigenvalue weighted by atomic mass is 16.6. The van der Waals surface area contributed by atoms with Gasteiger partial charge >= 0.3 is 6.09 Å². The zero-order chi connectivity index (χ0) is 19.9. The van der Waals surface area contributed by atoms with Crippen LogP contribution < -0.4 is 10.1 Å². The van der Waals surface area contributed by atoms with Gasteiger partial charge in [0.1, 0.15) is 23.2 Å².